The fourth-order valence-corrected chi connectivity index (χ4v) is 6.57. The molecule has 1 heterocycles. The van der Waals surface area contributed by atoms with Gasteiger partial charge in [0.15, 0.2) is 8.32 Å². The van der Waals surface area contributed by atoms with Crippen LogP contribution in [0.2, 0.25) is 18.1 Å². The summed E-state index contributed by atoms with van der Waals surface area (Å²) in [6.45, 7) is 15.1. The molecular formula is C38H51N3O6Si. The third-order valence-electron chi connectivity index (χ3n) is 9.52. The Morgan fingerprint density at radius 2 is 1.58 bits per heavy atom. The Morgan fingerprint density at radius 3 is 2.25 bits per heavy atom. The normalized spacial score (nSPS) is 16.4. The number of carbonyl (C=O) groups is 4. The predicted molar refractivity (Wildman–Crippen MR) is 191 cm³/mol. The molecule has 0 radical (unpaired) electrons. The van der Waals surface area contributed by atoms with Crippen molar-refractivity contribution in [3.05, 3.63) is 83.9 Å². The molecule has 0 aliphatic carbocycles. The van der Waals surface area contributed by atoms with Crippen molar-refractivity contribution in [2.45, 2.75) is 96.7 Å². The van der Waals surface area contributed by atoms with Crippen LogP contribution in [0.15, 0.2) is 72.8 Å². The van der Waals surface area contributed by atoms with Crippen LogP contribution in [-0.4, -0.2) is 68.2 Å². The molecule has 3 aromatic carbocycles. The quantitative estimate of drug-likeness (QED) is 0.164. The summed E-state index contributed by atoms with van der Waals surface area (Å²) in [6, 6.07) is 20.5. The summed E-state index contributed by atoms with van der Waals surface area (Å²) in [4.78, 5) is 55.7. The molecule has 3 amide bonds. The van der Waals surface area contributed by atoms with Crippen molar-refractivity contribution >= 4 is 42.8 Å². The topological polar surface area (TPSA) is 114 Å². The molecule has 2 N–H and O–H groups in total. The first-order chi connectivity index (χ1) is 22.7. The molecule has 1 saturated heterocycles. The predicted octanol–water partition coefficient (Wildman–Crippen LogP) is 6.23. The average molecular weight is 674 g/mol. The van der Waals surface area contributed by atoms with Crippen LogP contribution < -0.4 is 10.6 Å². The highest BCUT2D eigenvalue weighted by molar-refractivity contribution is 6.74. The number of ether oxygens (including phenoxy) is 1. The Kier molecular flexibility index (Phi) is 12.2. The minimum Gasteiger partial charge on any atom is -0.461 e. The van der Waals surface area contributed by atoms with E-state index in [2.05, 4.69) is 44.5 Å². The summed E-state index contributed by atoms with van der Waals surface area (Å²) in [7, 11) is -2.20. The highest BCUT2D eigenvalue weighted by Crippen LogP contribution is 2.36. The summed E-state index contributed by atoms with van der Waals surface area (Å²) < 4.78 is 12.0. The maximum atomic E-state index is 14.0. The van der Waals surface area contributed by atoms with E-state index >= 15 is 0 Å². The monoisotopic (exact) mass is 673 g/mol. The van der Waals surface area contributed by atoms with Crippen molar-refractivity contribution in [1.82, 2.24) is 15.5 Å². The highest BCUT2D eigenvalue weighted by atomic mass is 28.4. The van der Waals surface area contributed by atoms with E-state index in [0.29, 0.717) is 24.9 Å². The summed E-state index contributed by atoms with van der Waals surface area (Å²) in [6.07, 6.45) is 1.07. The van der Waals surface area contributed by atoms with E-state index in [1.54, 1.807) is 11.0 Å². The highest BCUT2D eigenvalue weighted by Gasteiger charge is 2.41. The van der Waals surface area contributed by atoms with E-state index in [4.69, 9.17) is 9.16 Å². The minimum atomic E-state index is -2.20. The van der Waals surface area contributed by atoms with Gasteiger partial charge in [-0.15, -0.1) is 0 Å². The maximum Gasteiger partial charge on any atom is 0.308 e. The van der Waals surface area contributed by atoms with Crippen molar-refractivity contribution in [2.75, 3.05) is 13.2 Å². The number of amides is 3. The molecule has 0 bridgehead atoms. The molecule has 0 unspecified atom stereocenters. The van der Waals surface area contributed by atoms with Crippen molar-refractivity contribution in [2.24, 2.45) is 5.92 Å². The van der Waals surface area contributed by atoms with Crippen LogP contribution in [0.1, 0.15) is 69.8 Å². The second-order valence-corrected chi connectivity index (χ2v) is 19.4. The van der Waals surface area contributed by atoms with Gasteiger partial charge in [0.1, 0.15) is 18.7 Å². The molecule has 10 heteroatoms. The second kappa shape index (κ2) is 15.9. The van der Waals surface area contributed by atoms with E-state index in [-0.39, 0.29) is 48.3 Å². The first-order valence-electron chi connectivity index (χ1n) is 16.9. The first kappa shape index (κ1) is 36.8. The number of rotatable bonds is 13. The van der Waals surface area contributed by atoms with E-state index in [9.17, 15) is 19.2 Å². The third kappa shape index (κ3) is 9.54. The van der Waals surface area contributed by atoms with Crippen LogP contribution in [0, 0.1) is 5.92 Å². The van der Waals surface area contributed by atoms with Gasteiger partial charge in [-0.05, 0) is 65.4 Å². The molecule has 1 aliphatic heterocycles. The number of nitrogens with zero attached hydrogens (tertiary/aromatic N) is 1. The molecule has 4 rings (SSSR count). The Bertz CT molecular complexity index is 1590. The van der Waals surface area contributed by atoms with Crippen LogP contribution in [-0.2, 0) is 30.2 Å². The van der Waals surface area contributed by atoms with Gasteiger partial charge in [0.2, 0.25) is 11.8 Å². The lowest BCUT2D eigenvalue weighted by Crippen LogP contribution is -2.56. The molecule has 0 aromatic heterocycles. The van der Waals surface area contributed by atoms with Crippen molar-refractivity contribution in [1.29, 1.82) is 0 Å². The SMILES string of the molecule is CC(C)[C@H](NC(=O)c1ccc2ccccc2c1)C(=O)N1CCC[C@H]1C(=O)N[C@H](CO[Si](C)(C)C(C)(C)C)CC(=O)OCc1ccccc1. The Morgan fingerprint density at radius 1 is 0.917 bits per heavy atom. The lowest BCUT2D eigenvalue weighted by molar-refractivity contribution is -0.146. The standard InChI is InChI=1S/C38H51N3O6Si/c1-26(2)34(40-35(43)30-20-19-28-16-11-12-17-29(28)22-30)37(45)41-21-13-18-32(41)36(44)39-31(25-47-48(6,7)38(3,4)5)23-33(42)46-24-27-14-9-8-10-15-27/h8-12,14-17,19-20,22,26,31-32,34H,13,18,21,23-25H2,1-7H3,(H,39,44)(H,40,43)/t31-,32-,34-/m0/s1. The minimum absolute atomic E-state index is 0.0623. The molecule has 0 saturated carbocycles. The molecule has 3 aromatic rings. The summed E-state index contributed by atoms with van der Waals surface area (Å²) in [5, 5.41) is 7.86. The molecule has 1 fully saturated rings. The molecular weight excluding hydrogens is 623 g/mol. The van der Waals surface area contributed by atoms with Gasteiger partial charge in [0, 0.05) is 12.1 Å². The van der Waals surface area contributed by atoms with Gasteiger partial charge >= 0.3 is 5.97 Å². The first-order valence-corrected chi connectivity index (χ1v) is 19.8. The van der Waals surface area contributed by atoms with E-state index < -0.39 is 32.4 Å². The number of carbonyl (C=O) groups excluding carboxylic acids is 4. The van der Waals surface area contributed by atoms with Crippen LogP contribution in [0.4, 0.5) is 0 Å². The van der Waals surface area contributed by atoms with E-state index in [1.165, 1.54) is 0 Å². The Balaban J connectivity index is 1.45. The van der Waals surface area contributed by atoms with Crippen molar-refractivity contribution in [3.8, 4) is 0 Å². The van der Waals surface area contributed by atoms with Crippen LogP contribution in [0.25, 0.3) is 10.8 Å². The van der Waals surface area contributed by atoms with Gasteiger partial charge in [-0.3, -0.25) is 19.2 Å². The summed E-state index contributed by atoms with van der Waals surface area (Å²) >= 11 is 0. The lowest BCUT2D eigenvalue weighted by atomic mass is 10.0. The number of nitrogens with one attached hydrogen (secondary N) is 2. The lowest BCUT2D eigenvalue weighted by Gasteiger charge is -2.37. The molecule has 48 heavy (non-hydrogen) atoms. The average Bonchev–Trinajstić information content (AvgIpc) is 3.55. The van der Waals surface area contributed by atoms with Gasteiger partial charge in [-0.25, -0.2) is 0 Å². The molecule has 0 spiro atoms. The van der Waals surface area contributed by atoms with Crippen LogP contribution >= 0.6 is 0 Å². The van der Waals surface area contributed by atoms with Gasteiger partial charge in [-0.2, -0.15) is 0 Å². The zero-order chi connectivity index (χ0) is 35.1. The summed E-state index contributed by atoms with van der Waals surface area (Å²) in [5.41, 5.74) is 1.34. The van der Waals surface area contributed by atoms with Gasteiger partial charge in [0.05, 0.1) is 19.1 Å². The third-order valence-corrected chi connectivity index (χ3v) is 14.0. The molecule has 258 valence electrons. The molecule has 3 atom stereocenters. The van der Waals surface area contributed by atoms with Crippen molar-refractivity contribution in [3.63, 3.8) is 0 Å². The van der Waals surface area contributed by atoms with Gasteiger partial charge in [-0.1, -0.05) is 95.3 Å². The fraction of sp³-hybridized carbons (Fsp3) is 0.474. The maximum absolute atomic E-state index is 14.0. The summed E-state index contributed by atoms with van der Waals surface area (Å²) in [5.74, 6) is -1.64. The number of hydrogen-bond acceptors (Lipinski definition) is 6. The Hall–Kier alpha value is -4.02. The van der Waals surface area contributed by atoms with Gasteiger partial charge in [0.25, 0.3) is 5.91 Å². The van der Waals surface area contributed by atoms with E-state index in [0.717, 1.165) is 16.3 Å². The van der Waals surface area contributed by atoms with Crippen LogP contribution in [0.3, 0.4) is 0 Å². The Labute approximate surface area is 285 Å². The zero-order valence-corrected chi connectivity index (χ0v) is 30.4. The van der Waals surface area contributed by atoms with Crippen LogP contribution in [0.5, 0.6) is 0 Å². The molecule has 9 nitrogen and oxygen atoms in total. The zero-order valence-electron chi connectivity index (χ0n) is 29.4. The largest absolute Gasteiger partial charge is 0.461 e. The number of likely N-dealkylation sites (tertiary alicyclic amines) is 1. The second-order valence-electron chi connectivity index (χ2n) is 14.6. The molecule has 1 aliphatic rings. The number of esters is 1. The van der Waals surface area contributed by atoms with Gasteiger partial charge < -0.3 is 24.7 Å². The van der Waals surface area contributed by atoms with Crippen molar-refractivity contribution < 1.29 is 28.3 Å². The van der Waals surface area contributed by atoms with E-state index in [1.807, 2.05) is 80.6 Å². The number of benzene rings is 3. The smallest absolute Gasteiger partial charge is 0.308 e. The fourth-order valence-electron chi connectivity index (χ4n) is 5.52. The number of fused-ring (bicyclic) bond motifs is 1. The number of hydrogen-bond donors (Lipinski definition) is 2.